The van der Waals surface area contributed by atoms with Crippen LogP contribution in [0.2, 0.25) is 0 Å². The van der Waals surface area contributed by atoms with E-state index in [4.69, 9.17) is 11.0 Å². The molecule has 1 aromatic heterocycles. The zero-order chi connectivity index (χ0) is 13.1. The molecule has 0 bridgehead atoms. The van der Waals surface area contributed by atoms with Crippen molar-refractivity contribution in [3.05, 3.63) is 45.6 Å². The van der Waals surface area contributed by atoms with Gasteiger partial charge < -0.3 is 11.1 Å². The molecule has 3 N–H and O–H groups in total. The van der Waals surface area contributed by atoms with Gasteiger partial charge in [-0.2, -0.15) is 5.26 Å². The smallest absolute Gasteiger partial charge is 0.267 e. The van der Waals surface area contributed by atoms with E-state index in [-0.39, 0.29) is 5.91 Å². The average Bonchev–Trinajstić information content (AvgIpc) is 2.76. The minimum Gasteiger partial charge on any atom is -0.397 e. The molecule has 0 aliphatic carbocycles. The Hall–Kier alpha value is -2.32. The topological polar surface area (TPSA) is 78.9 Å². The number of hydrogen-bond acceptors (Lipinski definition) is 4. The Morgan fingerprint density at radius 3 is 2.83 bits per heavy atom. The van der Waals surface area contributed by atoms with Crippen LogP contribution in [0.4, 0.5) is 11.4 Å². The number of nitriles is 1. The molecular weight excluding hydrogens is 246 g/mol. The maximum Gasteiger partial charge on any atom is 0.267 e. The van der Waals surface area contributed by atoms with Gasteiger partial charge in [-0.3, -0.25) is 4.79 Å². The maximum absolute atomic E-state index is 12.0. The van der Waals surface area contributed by atoms with Crippen molar-refractivity contribution < 1.29 is 4.79 Å². The lowest BCUT2D eigenvalue weighted by Crippen LogP contribution is -2.13. The van der Waals surface area contributed by atoms with Crippen LogP contribution < -0.4 is 11.1 Å². The highest BCUT2D eigenvalue weighted by atomic mass is 32.1. The van der Waals surface area contributed by atoms with Gasteiger partial charge in [0.05, 0.1) is 16.9 Å². The second-order valence-electron chi connectivity index (χ2n) is 3.77. The van der Waals surface area contributed by atoms with E-state index >= 15 is 0 Å². The van der Waals surface area contributed by atoms with Crippen molar-refractivity contribution in [2.45, 2.75) is 6.92 Å². The van der Waals surface area contributed by atoms with E-state index in [9.17, 15) is 4.79 Å². The molecular formula is C13H11N3OS. The number of anilines is 2. The van der Waals surface area contributed by atoms with Crippen LogP contribution in [0.1, 0.15) is 20.8 Å². The number of carbonyl (C=O) groups is 1. The number of nitrogens with two attached hydrogens (primary N) is 1. The van der Waals surface area contributed by atoms with E-state index in [1.165, 1.54) is 11.3 Å². The molecule has 0 aliphatic rings. The number of rotatable bonds is 2. The number of thiophene rings is 1. The van der Waals surface area contributed by atoms with Crippen LogP contribution in [0.5, 0.6) is 0 Å². The van der Waals surface area contributed by atoms with Gasteiger partial charge in [0, 0.05) is 0 Å². The summed E-state index contributed by atoms with van der Waals surface area (Å²) in [5, 5.41) is 13.5. The quantitative estimate of drug-likeness (QED) is 0.868. The molecule has 4 nitrogen and oxygen atoms in total. The Labute approximate surface area is 109 Å². The second kappa shape index (κ2) is 4.90. The SMILES string of the molecule is Cc1cccc(NC(=O)c2sccc2N)c1C#N. The first kappa shape index (κ1) is 12.1. The van der Waals surface area contributed by atoms with E-state index in [0.717, 1.165) is 5.56 Å². The minimum atomic E-state index is -0.287. The maximum atomic E-state index is 12.0. The molecule has 2 rings (SSSR count). The largest absolute Gasteiger partial charge is 0.397 e. The molecule has 0 aliphatic heterocycles. The molecule has 90 valence electrons. The summed E-state index contributed by atoms with van der Waals surface area (Å²) in [7, 11) is 0. The monoisotopic (exact) mass is 257 g/mol. The lowest BCUT2D eigenvalue weighted by atomic mass is 10.1. The molecule has 18 heavy (non-hydrogen) atoms. The first-order valence-corrected chi connectivity index (χ1v) is 6.15. The van der Waals surface area contributed by atoms with Gasteiger partial charge in [0.1, 0.15) is 10.9 Å². The predicted molar refractivity (Wildman–Crippen MR) is 72.6 cm³/mol. The standard InChI is InChI=1S/C13H11N3OS/c1-8-3-2-4-11(9(8)7-14)16-13(17)12-10(15)5-6-18-12/h2-6H,15H2,1H3,(H,16,17). The molecule has 0 spiro atoms. The number of nitrogens with one attached hydrogen (secondary N) is 1. The molecule has 5 heteroatoms. The molecule has 0 radical (unpaired) electrons. The number of hydrogen-bond donors (Lipinski definition) is 2. The number of nitrogens with zero attached hydrogens (tertiary/aromatic N) is 1. The summed E-state index contributed by atoms with van der Waals surface area (Å²) in [5.41, 5.74) is 7.94. The fraction of sp³-hybridized carbons (Fsp3) is 0.0769. The first-order valence-electron chi connectivity index (χ1n) is 5.27. The predicted octanol–water partition coefficient (Wildman–Crippen LogP) is 2.76. The van der Waals surface area contributed by atoms with Crippen molar-refractivity contribution in [1.82, 2.24) is 0 Å². The zero-order valence-corrected chi connectivity index (χ0v) is 10.5. The Morgan fingerprint density at radius 2 is 2.22 bits per heavy atom. The number of aryl methyl sites for hydroxylation is 1. The van der Waals surface area contributed by atoms with E-state index < -0.39 is 0 Å². The van der Waals surface area contributed by atoms with Gasteiger partial charge in [0.2, 0.25) is 0 Å². The fourth-order valence-corrected chi connectivity index (χ4v) is 2.32. The number of amides is 1. The summed E-state index contributed by atoms with van der Waals surface area (Å²) in [5.74, 6) is -0.287. The molecule has 1 heterocycles. The van der Waals surface area contributed by atoms with Gasteiger partial charge in [0.15, 0.2) is 0 Å². The third-order valence-electron chi connectivity index (χ3n) is 2.53. The van der Waals surface area contributed by atoms with Crippen LogP contribution in [0.15, 0.2) is 29.6 Å². The third-order valence-corrected chi connectivity index (χ3v) is 3.46. The van der Waals surface area contributed by atoms with Crippen molar-refractivity contribution in [1.29, 1.82) is 5.26 Å². The van der Waals surface area contributed by atoms with Crippen molar-refractivity contribution in [2.75, 3.05) is 11.1 Å². The summed E-state index contributed by atoms with van der Waals surface area (Å²) < 4.78 is 0. The van der Waals surface area contributed by atoms with Crippen molar-refractivity contribution >= 4 is 28.6 Å². The highest BCUT2D eigenvalue weighted by Crippen LogP contribution is 2.23. The van der Waals surface area contributed by atoms with Gasteiger partial charge in [-0.25, -0.2) is 0 Å². The second-order valence-corrected chi connectivity index (χ2v) is 4.68. The zero-order valence-electron chi connectivity index (χ0n) is 9.73. The molecule has 0 fully saturated rings. The lowest BCUT2D eigenvalue weighted by Gasteiger charge is -2.08. The Kier molecular flexibility index (Phi) is 3.31. The summed E-state index contributed by atoms with van der Waals surface area (Å²) >= 11 is 1.27. The van der Waals surface area contributed by atoms with Crippen LogP contribution in [0.3, 0.4) is 0 Å². The van der Waals surface area contributed by atoms with Crippen LogP contribution in [0, 0.1) is 18.3 Å². The van der Waals surface area contributed by atoms with Crippen molar-refractivity contribution in [3.8, 4) is 6.07 Å². The van der Waals surface area contributed by atoms with Crippen LogP contribution in [-0.4, -0.2) is 5.91 Å². The highest BCUT2D eigenvalue weighted by Gasteiger charge is 2.13. The van der Waals surface area contributed by atoms with Crippen molar-refractivity contribution in [2.24, 2.45) is 0 Å². The Morgan fingerprint density at radius 1 is 1.44 bits per heavy atom. The molecule has 1 aromatic carbocycles. The molecule has 0 saturated heterocycles. The number of nitrogen functional groups attached to an aromatic ring is 1. The summed E-state index contributed by atoms with van der Waals surface area (Å²) in [6, 6.07) is 9.09. The number of carbonyl (C=O) groups excluding carboxylic acids is 1. The highest BCUT2D eigenvalue weighted by molar-refractivity contribution is 7.12. The average molecular weight is 257 g/mol. The van der Waals surface area contributed by atoms with E-state index in [0.29, 0.717) is 21.8 Å². The van der Waals surface area contributed by atoms with E-state index in [1.807, 2.05) is 13.0 Å². The van der Waals surface area contributed by atoms with Crippen LogP contribution in [0.25, 0.3) is 0 Å². The Bertz CT molecular complexity index is 640. The molecule has 0 unspecified atom stereocenters. The van der Waals surface area contributed by atoms with Gasteiger partial charge in [-0.15, -0.1) is 11.3 Å². The molecule has 1 amide bonds. The number of benzene rings is 1. The lowest BCUT2D eigenvalue weighted by molar-refractivity contribution is 0.103. The first-order chi connectivity index (χ1) is 8.63. The summed E-state index contributed by atoms with van der Waals surface area (Å²) in [6.45, 7) is 1.83. The van der Waals surface area contributed by atoms with Gasteiger partial charge in [-0.1, -0.05) is 12.1 Å². The van der Waals surface area contributed by atoms with Gasteiger partial charge in [0.25, 0.3) is 5.91 Å². The summed E-state index contributed by atoms with van der Waals surface area (Å²) in [4.78, 5) is 12.4. The van der Waals surface area contributed by atoms with Gasteiger partial charge in [-0.05, 0) is 30.0 Å². The van der Waals surface area contributed by atoms with Crippen LogP contribution in [-0.2, 0) is 0 Å². The van der Waals surface area contributed by atoms with Gasteiger partial charge >= 0.3 is 0 Å². The third kappa shape index (κ3) is 2.19. The summed E-state index contributed by atoms with van der Waals surface area (Å²) in [6.07, 6.45) is 0. The Balaban J connectivity index is 2.31. The molecule has 0 atom stereocenters. The van der Waals surface area contributed by atoms with E-state index in [1.54, 1.807) is 23.6 Å². The normalized spacial score (nSPS) is 9.78. The fourth-order valence-electron chi connectivity index (χ4n) is 1.60. The van der Waals surface area contributed by atoms with E-state index in [2.05, 4.69) is 11.4 Å². The minimum absolute atomic E-state index is 0.287. The van der Waals surface area contributed by atoms with Crippen LogP contribution >= 0.6 is 11.3 Å². The van der Waals surface area contributed by atoms with Crippen molar-refractivity contribution in [3.63, 3.8) is 0 Å². The molecule has 0 saturated carbocycles. The molecule has 2 aromatic rings.